The van der Waals surface area contributed by atoms with Crippen molar-refractivity contribution in [2.45, 2.75) is 37.8 Å². The fourth-order valence-corrected chi connectivity index (χ4v) is 4.10. The van der Waals surface area contributed by atoms with E-state index in [0.717, 1.165) is 29.0 Å². The van der Waals surface area contributed by atoms with Crippen LogP contribution in [0.25, 0.3) is 0 Å². The van der Waals surface area contributed by atoms with Crippen molar-refractivity contribution in [2.75, 3.05) is 5.75 Å². The average molecular weight is 343 g/mol. The van der Waals surface area contributed by atoms with E-state index >= 15 is 0 Å². The summed E-state index contributed by atoms with van der Waals surface area (Å²) in [6.45, 7) is 3.94. The second kappa shape index (κ2) is 7.13. The van der Waals surface area contributed by atoms with Crippen molar-refractivity contribution < 1.29 is 4.79 Å². The first-order chi connectivity index (χ1) is 11.5. The number of rotatable bonds is 3. The van der Waals surface area contributed by atoms with Gasteiger partial charge in [-0.15, -0.1) is 11.8 Å². The van der Waals surface area contributed by atoms with Crippen molar-refractivity contribution in [3.05, 3.63) is 63.1 Å². The molecule has 1 aliphatic rings. The minimum Gasteiger partial charge on any atom is -0.334 e. The van der Waals surface area contributed by atoms with E-state index < -0.39 is 0 Å². The summed E-state index contributed by atoms with van der Waals surface area (Å²) >= 11 is 1.82. The molecule has 2 heterocycles. The number of hydrogen-bond donors (Lipinski definition) is 3. The topological polar surface area (TPSA) is 74.0 Å². The van der Waals surface area contributed by atoms with Crippen LogP contribution in [0.15, 0.2) is 40.0 Å². The molecule has 24 heavy (non-hydrogen) atoms. The monoisotopic (exact) mass is 343 g/mol. The lowest BCUT2D eigenvalue weighted by molar-refractivity contribution is 0.236. The highest BCUT2D eigenvalue weighted by molar-refractivity contribution is 7.99. The van der Waals surface area contributed by atoms with E-state index in [2.05, 4.69) is 27.8 Å². The number of nitrogens with one attached hydrogen (secondary N) is 3. The van der Waals surface area contributed by atoms with Crippen molar-refractivity contribution in [3.8, 4) is 0 Å². The summed E-state index contributed by atoms with van der Waals surface area (Å²) in [7, 11) is 0. The highest BCUT2D eigenvalue weighted by atomic mass is 32.2. The summed E-state index contributed by atoms with van der Waals surface area (Å²) in [6, 6.07) is 9.82. The smallest absolute Gasteiger partial charge is 0.315 e. The van der Waals surface area contributed by atoms with E-state index in [1.807, 2.05) is 43.8 Å². The second-order valence-corrected chi connectivity index (χ2v) is 7.13. The number of thioether (sulfide) groups is 1. The SMILES string of the molecule is Cc1cc(C)c(CNC(=O)NC2CCSc3ccccc32)c(=O)[nH]1. The number of aromatic amines is 1. The van der Waals surface area contributed by atoms with Crippen LogP contribution in [0.4, 0.5) is 4.79 Å². The number of carbonyl (C=O) groups excluding carboxylic acids is 1. The first-order valence-corrected chi connectivity index (χ1v) is 8.98. The Labute approximate surface area is 145 Å². The van der Waals surface area contributed by atoms with Gasteiger partial charge in [0.05, 0.1) is 12.6 Å². The fourth-order valence-electron chi connectivity index (χ4n) is 2.97. The number of amides is 2. The van der Waals surface area contributed by atoms with Gasteiger partial charge in [0, 0.05) is 21.9 Å². The lowest BCUT2D eigenvalue weighted by Gasteiger charge is -2.26. The number of carbonyl (C=O) groups is 1. The molecule has 1 aromatic heterocycles. The van der Waals surface area contributed by atoms with Gasteiger partial charge in [-0.1, -0.05) is 18.2 Å². The molecule has 5 nitrogen and oxygen atoms in total. The van der Waals surface area contributed by atoms with E-state index in [1.165, 1.54) is 4.90 Å². The predicted octanol–water partition coefficient (Wildman–Crippen LogP) is 3.03. The molecule has 6 heteroatoms. The molecular weight excluding hydrogens is 322 g/mol. The molecule has 1 aliphatic heterocycles. The molecule has 0 radical (unpaired) electrons. The van der Waals surface area contributed by atoms with Gasteiger partial charge in [0.1, 0.15) is 0 Å². The maximum Gasteiger partial charge on any atom is 0.315 e. The molecule has 2 amide bonds. The quantitative estimate of drug-likeness (QED) is 0.802. The van der Waals surface area contributed by atoms with Crippen LogP contribution < -0.4 is 16.2 Å². The maximum atomic E-state index is 12.2. The van der Waals surface area contributed by atoms with Crippen LogP contribution in [0, 0.1) is 13.8 Å². The number of benzene rings is 1. The Morgan fingerprint density at radius 2 is 2.12 bits per heavy atom. The van der Waals surface area contributed by atoms with Gasteiger partial charge >= 0.3 is 6.03 Å². The van der Waals surface area contributed by atoms with Gasteiger partial charge in [-0.25, -0.2) is 4.79 Å². The Kier molecular flexibility index (Phi) is 4.94. The van der Waals surface area contributed by atoms with Gasteiger partial charge in [0.2, 0.25) is 0 Å². The Hall–Kier alpha value is -2.21. The van der Waals surface area contributed by atoms with Gasteiger partial charge in [0.15, 0.2) is 0 Å². The van der Waals surface area contributed by atoms with Gasteiger partial charge in [-0.05, 0) is 43.5 Å². The number of fused-ring (bicyclic) bond motifs is 1. The molecule has 1 atom stereocenters. The number of aromatic nitrogens is 1. The van der Waals surface area contributed by atoms with Crippen LogP contribution in [0.3, 0.4) is 0 Å². The maximum absolute atomic E-state index is 12.2. The summed E-state index contributed by atoms with van der Waals surface area (Å²) in [5, 5.41) is 5.82. The van der Waals surface area contributed by atoms with Crippen molar-refractivity contribution in [1.29, 1.82) is 0 Å². The van der Waals surface area contributed by atoms with Gasteiger partial charge in [0.25, 0.3) is 5.56 Å². The molecule has 0 aliphatic carbocycles. The molecule has 2 aromatic rings. The Bertz CT molecular complexity index is 816. The summed E-state index contributed by atoms with van der Waals surface area (Å²) < 4.78 is 0. The number of H-pyrrole nitrogens is 1. The first-order valence-electron chi connectivity index (χ1n) is 8.00. The normalized spacial score (nSPS) is 16.3. The van der Waals surface area contributed by atoms with E-state index in [-0.39, 0.29) is 24.2 Å². The number of hydrogen-bond acceptors (Lipinski definition) is 3. The zero-order valence-corrected chi connectivity index (χ0v) is 14.6. The Morgan fingerprint density at radius 3 is 2.92 bits per heavy atom. The number of pyridine rings is 1. The third-order valence-electron chi connectivity index (χ3n) is 4.18. The minimum atomic E-state index is -0.249. The molecular formula is C18H21N3O2S. The van der Waals surface area contributed by atoms with Crippen LogP contribution in [0.2, 0.25) is 0 Å². The zero-order valence-electron chi connectivity index (χ0n) is 13.8. The highest BCUT2D eigenvalue weighted by Crippen LogP contribution is 2.35. The molecule has 0 saturated carbocycles. The molecule has 1 aromatic carbocycles. The van der Waals surface area contributed by atoms with Crippen LogP contribution in [-0.2, 0) is 6.54 Å². The van der Waals surface area contributed by atoms with Crippen LogP contribution in [0.5, 0.6) is 0 Å². The Balaban J connectivity index is 1.64. The van der Waals surface area contributed by atoms with E-state index in [0.29, 0.717) is 5.56 Å². The average Bonchev–Trinajstić information content (AvgIpc) is 2.54. The molecule has 0 spiro atoms. The van der Waals surface area contributed by atoms with Crippen molar-refractivity contribution in [1.82, 2.24) is 15.6 Å². The van der Waals surface area contributed by atoms with Crippen LogP contribution >= 0.6 is 11.8 Å². The summed E-state index contributed by atoms with van der Waals surface area (Å²) in [4.78, 5) is 28.2. The van der Waals surface area contributed by atoms with E-state index in [1.54, 1.807) is 0 Å². The van der Waals surface area contributed by atoms with Crippen molar-refractivity contribution >= 4 is 17.8 Å². The lowest BCUT2D eigenvalue weighted by Crippen LogP contribution is -2.39. The molecule has 0 bridgehead atoms. The summed E-state index contributed by atoms with van der Waals surface area (Å²) in [6.07, 6.45) is 0.902. The summed E-state index contributed by atoms with van der Waals surface area (Å²) in [5.74, 6) is 0.985. The molecule has 3 N–H and O–H groups in total. The largest absolute Gasteiger partial charge is 0.334 e. The molecule has 3 rings (SSSR count). The molecule has 0 fully saturated rings. The zero-order chi connectivity index (χ0) is 17.1. The third kappa shape index (κ3) is 3.64. The first kappa shape index (κ1) is 16.6. The lowest BCUT2D eigenvalue weighted by atomic mass is 10.0. The minimum absolute atomic E-state index is 0.0137. The summed E-state index contributed by atoms with van der Waals surface area (Å²) in [5.41, 5.74) is 3.31. The predicted molar refractivity (Wildman–Crippen MR) is 96.4 cm³/mol. The Morgan fingerprint density at radius 1 is 1.33 bits per heavy atom. The fraction of sp³-hybridized carbons (Fsp3) is 0.333. The second-order valence-electron chi connectivity index (χ2n) is 6.00. The van der Waals surface area contributed by atoms with Crippen molar-refractivity contribution in [2.24, 2.45) is 0 Å². The van der Waals surface area contributed by atoms with E-state index in [9.17, 15) is 9.59 Å². The van der Waals surface area contributed by atoms with Gasteiger partial charge < -0.3 is 15.6 Å². The third-order valence-corrected chi connectivity index (χ3v) is 5.31. The van der Waals surface area contributed by atoms with Gasteiger partial charge in [-0.3, -0.25) is 4.79 Å². The number of aryl methyl sites for hydroxylation is 2. The highest BCUT2D eigenvalue weighted by Gasteiger charge is 2.21. The van der Waals surface area contributed by atoms with E-state index in [4.69, 9.17) is 0 Å². The van der Waals surface area contributed by atoms with Crippen LogP contribution in [0.1, 0.15) is 34.8 Å². The molecule has 1 unspecified atom stereocenters. The standard InChI is InChI=1S/C18H21N3O2S/c1-11-9-12(2)20-17(22)14(11)10-19-18(23)21-15-7-8-24-16-6-4-3-5-13(15)16/h3-6,9,15H,7-8,10H2,1-2H3,(H,20,22)(H2,19,21,23). The van der Waals surface area contributed by atoms with Gasteiger partial charge in [-0.2, -0.15) is 0 Å². The molecule has 0 saturated heterocycles. The molecule has 126 valence electrons. The van der Waals surface area contributed by atoms with Crippen LogP contribution in [-0.4, -0.2) is 16.8 Å². The van der Waals surface area contributed by atoms with Crippen molar-refractivity contribution in [3.63, 3.8) is 0 Å². The number of urea groups is 1.